The number of anilines is 1. The molecular formula is C10H18ClN3O2S2. The molecule has 0 spiro atoms. The van der Waals surface area contributed by atoms with Crippen molar-refractivity contribution in [2.24, 2.45) is 0 Å². The fourth-order valence-electron chi connectivity index (χ4n) is 1.89. The first-order valence-corrected chi connectivity index (χ1v) is 8.14. The molecule has 0 saturated carbocycles. The normalized spacial score (nSPS) is 24.2. The molecule has 1 atom stereocenters. The van der Waals surface area contributed by atoms with E-state index in [1.54, 1.807) is 13.1 Å². The third-order valence-corrected chi connectivity index (χ3v) is 6.13. The average molecular weight is 312 g/mol. The predicted molar refractivity (Wildman–Crippen MR) is 76.9 cm³/mol. The van der Waals surface area contributed by atoms with E-state index >= 15 is 0 Å². The van der Waals surface area contributed by atoms with Crippen molar-refractivity contribution >= 4 is 38.7 Å². The molecule has 1 aromatic rings. The van der Waals surface area contributed by atoms with Crippen molar-refractivity contribution in [2.75, 3.05) is 24.6 Å². The number of aromatic nitrogens is 1. The van der Waals surface area contributed by atoms with Crippen LogP contribution in [0.15, 0.2) is 6.20 Å². The van der Waals surface area contributed by atoms with Crippen molar-refractivity contribution in [3.8, 4) is 0 Å². The van der Waals surface area contributed by atoms with Crippen LogP contribution in [0.3, 0.4) is 0 Å². The van der Waals surface area contributed by atoms with E-state index in [4.69, 9.17) is 5.73 Å². The van der Waals surface area contributed by atoms with Gasteiger partial charge < -0.3 is 5.73 Å². The van der Waals surface area contributed by atoms with Crippen LogP contribution in [0.2, 0.25) is 0 Å². The molecule has 1 saturated heterocycles. The molecule has 0 bridgehead atoms. The minimum absolute atomic E-state index is 0. The summed E-state index contributed by atoms with van der Waals surface area (Å²) in [6.45, 7) is 3.96. The molecule has 1 aliphatic rings. The number of hydrogen-bond donors (Lipinski definition) is 1. The number of hydrogen-bond acceptors (Lipinski definition) is 6. The second-order valence-corrected chi connectivity index (χ2v) is 8.09. The lowest BCUT2D eigenvalue weighted by molar-refractivity contribution is 0.286. The van der Waals surface area contributed by atoms with Gasteiger partial charge in [0.2, 0.25) is 0 Å². The minimum atomic E-state index is -2.90. The number of halogens is 1. The summed E-state index contributed by atoms with van der Waals surface area (Å²) < 4.78 is 23.5. The highest BCUT2D eigenvalue weighted by Crippen LogP contribution is 2.19. The van der Waals surface area contributed by atoms with E-state index in [-0.39, 0.29) is 23.4 Å². The predicted octanol–water partition coefficient (Wildman–Crippen LogP) is 1.16. The van der Waals surface area contributed by atoms with E-state index in [2.05, 4.69) is 9.88 Å². The van der Waals surface area contributed by atoms with Crippen LogP contribution in [-0.4, -0.2) is 42.4 Å². The number of nitrogens with two attached hydrogens (primary N) is 1. The molecule has 1 unspecified atom stereocenters. The number of nitrogens with zero attached hydrogens (tertiary/aromatic N) is 2. The number of rotatable bonds is 2. The first kappa shape index (κ1) is 15.7. The average Bonchev–Trinajstić information content (AvgIpc) is 2.62. The Bertz CT molecular complexity index is 489. The quantitative estimate of drug-likeness (QED) is 0.887. The Morgan fingerprint density at radius 1 is 1.56 bits per heavy atom. The standard InChI is InChI=1S/C10H17N3O2S2.ClH/c1-8-2-3-13(4-5-17(8,14)15)7-9-6-12-10(11)16-9;/h6,8H,2-5,7H2,1H3,(H2,11,12);1H. The second kappa shape index (κ2) is 6.18. The van der Waals surface area contributed by atoms with Gasteiger partial charge >= 0.3 is 0 Å². The van der Waals surface area contributed by atoms with E-state index in [1.807, 2.05) is 0 Å². The maximum atomic E-state index is 11.7. The molecule has 0 amide bonds. The van der Waals surface area contributed by atoms with Crippen molar-refractivity contribution in [1.82, 2.24) is 9.88 Å². The van der Waals surface area contributed by atoms with Gasteiger partial charge in [-0.25, -0.2) is 13.4 Å². The molecule has 1 aliphatic heterocycles. The molecule has 1 fully saturated rings. The molecule has 2 rings (SSSR count). The lowest BCUT2D eigenvalue weighted by Crippen LogP contribution is -2.26. The van der Waals surface area contributed by atoms with Gasteiger partial charge in [-0.05, 0) is 19.9 Å². The third kappa shape index (κ3) is 3.81. The van der Waals surface area contributed by atoms with Crippen LogP contribution < -0.4 is 5.73 Å². The summed E-state index contributed by atoms with van der Waals surface area (Å²) in [4.78, 5) is 7.25. The van der Waals surface area contributed by atoms with Crippen molar-refractivity contribution in [3.63, 3.8) is 0 Å². The first-order chi connectivity index (χ1) is 7.97. The van der Waals surface area contributed by atoms with Gasteiger partial charge in [-0.3, -0.25) is 4.90 Å². The summed E-state index contributed by atoms with van der Waals surface area (Å²) in [5, 5.41) is 0.342. The third-order valence-electron chi connectivity index (χ3n) is 3.11. The SMILES string of the molecule is CC1CCN(Cc2cnc(N)s2)CCS1(=O)=O.Cl. The topological polar surface area (TPSA) is 76.3 Å². The van der Waals surface area contributed by atoms with Crippen LogP contribution in [0.4, 0.5) is 5.13 Å². The zero-order chi connectivity index (χ0) is 12.5. The number of nitrogen functional groups attached to an aromatic ring is 1. The van der Waals surface area contributed by atoms with Gasteiger partial charge in [0.15, 0.2) is 15.0 Å². The van der Waals surface area contributed by atoms with Crippen LogP contribution in [0.1, 0.15) is 18.2 Å². The summed E-state index contributed by atoms with van der Waals surface area (Å²) in [6, 6.07) is 0. The molecule has 2 heterocycles. The van der Waals surface area contributed by atoms with E-state index in [1.165, 1.54) is 11.3 Å². The summed E-state index contributed by atoms with van der Waals surface area (Å²) in [6.07, 6.45) is 2.47. The molecule has 0 aromatic carbocycles. The van der Waals surface area contributed by atoms with Crippen LogP contribution in [0.25, 0.3) is 0 Å². The molecule has 18 heavy (non-hydrogen) atoms. The number of thiazole rings is 1. The van der Waals surface area contributed by atoms with Gasteiger partial charge in [0.25, 0.3) is 0 Å². The molecule has 8 heteroatoms. The monoisotopic (exact) mass is 311 g/mol. The Hall–Kier alpha value is -0.370. The lowest BCUT2D eigenvalue weighted by Gasteiger charge is -2.17. The molecule has 1 aromatic heterocycles. The van der Waals surface area contributed by atoms with E-state index in [9.17, 15) is 8.42 Å². The largest absolute Gasteiger partial charge is 0.375 e. The molecule has 0 aliphatic carbocycles. The number of sulfone groups is 1. The van der Waals surface area contributed by atoms with Gasteiger partial charge in [-0.1, -0.05) is 0 Å². The van der Waals surface area contributed by atoms with Crippen molar-refractivity contribution in [3.05, 3.63) is 11.1 Å². The van der Waals surface area contributed by atoms with Gasteiger partial charge in [0, 0.05) is 24.2 Å². The molecular weight excluding hydrogens is 294 g/mol. The maximum Gasteiger partial charge on any atom is 0.180 e. The Balaban J connectivity index is 0.00000162. The summed E-state index contributed by atoms with van der Waals surface area (Å²) in [5.41, 5.74) is 5.57. The van der Waals surface area contributed by atoms with Crippen molar-refractivity contribution < 1.29 is 8.42 Å². The smallest absolute Gasteiger partial charge is 0.180 e. The van der Waals surface area contributed by atoms with Crippen LogP contribution in [0, 0.1) is 0 Å². The Morgan fingerprint density at radius 2 is 2.28 bits per heavy atom. The van der Waals surface area contributed by atoms with Crippen molar-refractivity contribution in [1.29, 1.82) is 0 Å². The first-order valence-electron chi connectivity index (χ1n) is 5.61. The van der Waals surface area contributed by atoms with E-state index in [0.29, 0.717) is 18.1 Å². The molecule has 5 nitrogen and oxygen atoms in total. The van der Waals surface area contributed by atoms with Crippen molar-refractivity contribution in [2.45, 2.75) is 25.1 Å². The van der Waals surface area contributed by atoms with Gasteiger partial charge in [0.05, 0.1) is 11.0 Å². The Kier molecular flexibility index (Phi) is 5.39. The summed E-state index contributed by atoms with van der Waals surface area (Å²) in [5.74, 6) is 0.252. The van der Waals surface area contributed by atoms with Gasteiger partial charge in [0.1, 0.15) is 0 Å². The second-order valence-electron chi connectivity index (χ2n) is 4.41. The zero-order valence-corrected chi connectivity index (χ0v) is 12.7. The minimum Gasteiger partial charge on any atom is -0.375 e. The zero-order valence-electron chi connectivity index (χ0n) is 10.2. The summed E-state index contributed by atoms with van der Waals surface area (Å²) >= 11 is 1.46. The maximum absolute atomic E-state index is 11.7. The molecule has 104 valence electrons. The van der Waals surface area contributed by atoms with Crippen LogP contribution in [0.5, 0.6) is 0 Å². The Morgan fingerprint density at radius 3 is 2.89 bits per heavy atom. The van der Waals surface area contributed by atoms with Crippen LogP contribution >= 0.6 is 23.7 Å². The van der Waals surface area contributed by atoms with Gasteiger partial charge in [-0.2, -0.15) is 0 Å². The lowest BCUT2D eigenvalue weighted by atomic mass is 10.3. The summed E-state index contributed by atoms with van der Waals surface area (Å²) in [7, 11) is -2.90. The highest BCUT2D eigenvalue weighted by Gasteiger charge is 2.26. The van der Waals surface area contributed by atoms with E-state index < -0.39 is 9.84 Å². The van der Waals surface area contributed by atoms with Crippen LogP contribution in [-0.2, 0) is 16.4 Å². The molecule has 0 radical (unpaired) electrons. The fraction of sp³-hybridized carbons (Fsp3) is 0.700. The Labute approximate surface area is 118 Å². The molecule has 2 N–H and O–H groups in total. The highest BCUT2D eigenvalue weighted by atomic mass is 35.5. The van der Waals surface area contributed by atoms with Gasteiger partial charge in [-0.15, -0.1) is 23.7 Å². The fourth-order valence-corrected chi connectivity index (χ4v) is 3.99. The highest BCUT2D eigenvalue weighted by molar-refractivity contribution is 7.92. The van der Waals surface area contributed by atoms with E-state index in [0.717, 1.165) is 18.0 Å².